The lowest BCUT2D eigenvalue weighted by Crippen LogP contribution is -2.08. The molecule has 0 saturated heterocycles. The number of hydrogen-bond donors (Lipinski definition) is 0. The van der Waals surface area contributed by atoms with Crippen LogP contribution in [-0.4, -0.2) is 33.0 Å². The predicted molar refractivity (Wildman–Crippen MR) is 54.7 cm³/mol. The summed E-state index contributed by atoms with van der Waals surface area (Å²) in [6, 6.07) is 0. The van der Waals surface area contributed by atoms with Crippen molar-refractivity contribution in [3.63, 3.8) is 0 Å². The van der Waals surface area contributed by atoms with E-state index >= 15 is 0 Å². The lowest BCUT2D eigenvalue weighted by Gasteiger charge is -2.03. The van der Waals surface area contributed by atoms with Crippen molar-refractivity contribution < 1.29 is 17.9 Å². The van der Waals surface area contributed by atoms with Crippen LogP contribution in [0.4, 0.5) is 0 Å². The number of sulfone groups is 1. The average molecular weight is 220 g/mol. The Hall–Kier alpha value is -0.840. The molecule has 14 heavy (non-hydrogen) atoms. The first kappa shape index (κ1) is 13.2. The maximum atomic E-state index is 10.9. The third-order valence-electron chi connectivity index (χ3n) is 1.49. The number of ether oxygens (including phenoxy) is 1. The van der Waals surface area contributed by atoms with Gasteiger partial charge in [0.25, 0.3) is 0 Å². The zero-order chi connectivity index (χ0) is 11.2. The zero-order valence-corrected chi connectivity index (χ0v) is 9.39. The van der Waals surface area contributed by atoms with Crippen LogP contribution in [0.5, 0.6) is 0 Å². The topological polar surface area (TPSA) is 60.4 Å². The first-order valence-electron chi connectivity index (χ1n) is 4.33. The first-order valence-corrected chi connectivity index (χ1v) is 6.39. The second kappa shape index (κ2) is 5.80. The third-order valence-corrected chi connectivity index (χ3v) is 2.52. The molecular weight excluding hydrogens is 204 g/mol. The van der Waals surface area contributed by atoms with Gasteiger partial charge >= 0.3 is 5.97 Å². The smallest absolute Gasteiger partial charge is 0.333 e. The molecule has 5 heteroatoms. The molecule has 0 aromatic carbocycles. The van der Waals surface area contributed by atoms with Crippen LogP contribution in [0, 0.1) is 0 Å². The molecule has 0 aromatic heterocycles. The van der Waals surface area contributed by atoms with Gasteiger partial charge in [0.05, 0.1) is 12.4 Å². The van der Waals surface area contributed by atoms with E-state index in [9.17, 15) is 13.2 Å². The molecule has 0 unspecified atom stereocenters. The van der Waals surface area contributed by atoms with Crippen molar-refractivity contribution in [3.8, 4) is 0 Å². The largest absolute Gasteiger partial charge is 0.462 e. The highest BCUT2D eigenvalue weighted by Crippen LogP contribution is 1.97. The fourth-order valence-electron chi connectivity index (χ4n) is 0.754. The van der Waals surface area contributed by atoms with Crippen molar-refractivity contribution in [2.75, 3.05) is 18.6 Å². The Labute approximate surface area is 84.9 Å². The summed E-state index contributed by atoms with van der Waals surface area (Å²) in [7, 11) is -2.90. The molecule has 4 nitrogen and oxygen atoms in total. The monoisotopic (exact) mass is 220 g/mol. The molecule has 0 aliphatic carbocycles. The molecule has 0 atom stereocenters. The summed E-state index contributed by atoms with van der Waals surface area (Å²) in [5, 5.41) is 0. The van der Waals surface area contributed by atoms with Gasteiger partial charge in [-0.1, -0.05) is 6.58 Å². The van der Waals surface area contributed by atoms with E-state index in [1.807, 2.05) is 0 Å². The fraction of sp³-hybridized carbons (Fsp3) is 0.667. The van der Waals surface area contributed by atoms with Crippen LogP contribution in [-0.2, 0) is 19.4 Å². The van der Waals surface area contributed by atoms with Crippen LogP contribution < -0.4 is 0 Å². The van der Waals surface area contributed by atoms with Gasteiger partial charge in [-0.2, -0.15) is 0 Å². The fourth-order valence-corrected chi connectivity index (χ4v) is 1.48. The molecule has 0 amide bonds. The summed E-state index contributed by atoms with van der Waals surface area (Å²) in [5.41, 5.74) is 0.355. The highest BCUT2D eigenvalue weighted by atomic mass is 32.2. The van der Waals surface area contributed by atoms with Crippen LogP contribution in [0.3, 0.4) is 0 Å². The second-order valence-electron chi connectivity index (χ2n) is 3.25. The first-order chi connectivity index (χ1) is 6.33. The minimum Gasteiger partial charge on any atom is -0.462 e. The Balaban J connectivity index is 3.49. The summed E-state index contributed by atoms with van der Waals surface area (Å²) in [6.07, 6.45) is 2.27. The van der Waals surface area contributed by atoms with Gasteiger partial charge in [-0.25, -0.2) is 13.2 Å². The van der Waals surface area contributed by atoms with Crippen LogP contribution in [0.1, 0.15) is 19.8 Å². The van der Waals surface area contributed by atoms with Crippen LogP contribution >= 0.6 is 0 Å². The highest BCUT2D eigenvalue weighted by molar-refractivity contribution is 7.90. The van der Waals surface area contributed by atoms with E-state index in [2.05, 4.69) is 6.58 Å². The van der Waals surface area contributed by atoms with Crippen LogP contribution in [0.25, 0.3) is 0 Å². The Morgan fingerprint density at radius 1 is 1.36 bits per heavy atom. The number of unbranched alkanes of at least 4 members (excludes halogenated alkanes) is 1. The molecule has 0 heterocycles. The quantitative estimate of drug-likeness (QED) is 0.379. The third kappa shape index (κ3) is 7.79. The van der Waals surface area contributed by atoms with E-state index in [1.165, 1.54) is 6.26 Å². The maximum Gasteiger partial charge on any atom is 0.333 e. The van der Waals surface area contributed by atoms with Crippen molar-refractivity contribution >= 4 is 15.8 Å². The van der Waals surface area contributed by atoms with Gasteiger partial charge in [-0.05, 0) is 19.8 Å². The summed E-state index contributed by atoms with van der Waals surface area (Å²) < 4.78 is 26.2. The van der Waals surface area contributed by atoms with Gasteiger partial charge in [0.1, 0.15) is 9.84 Å². The Morgan fingerprint density at radius 2 is 1.93 bits per heavy atom. The molecule has 0 fully saturated rings. The van der Waals surface area contributed by atoms with Gasteiger partial charge in [0, 0.05) is 11.8 Å². The van der Waals surface area contributed by atoms with Crippen LogP contribution in [0.2, 0.25) is 0 Å². The van der Waals surface area contributed by atoms with Crippen molar-refractivity contribution in [2.24, 2.45) is 0 Å². The predicted octanol–water partition coefficient (Wildman–Crippen LogP) is 0.930. The molecule has 0 N–H and O–H groups in total. The molecular formula is C9H16O4S. The van der Waals surface area contributed by atoms with Crippen molar-refractivity contribution in [3.05, 3.63) is 12.2 Å². The molecule has 0 spiro atoms. The normalized spacial score (nSPS) is 11.0. The second-order valence-corrected chi connectivity index (χ2v) is 5.51. The zero-order valence-electron chi connectivity index (χ0n) is 8.58. The lowest BCUT2D eigenvalue weighted by molar-refractivity contribution is -0.139. The molecule has 0 radical (unpaired) electrons. The molecule has 0 bridgehead atoms. The number of carbonyl (C=O) groups excluding carboxylic acids is 1. The van der Waals surface area contributed by atoms with Gasteiger partial charge in [0.2, 0.25) is 0 Å². The molecule has 0 aliphatic heterocycles. The molecule has 0 aromatic rings. The standard InChI is InChI=1S/C9H16O4S/c1-8(2)9(10)13-6-4-5-7-14(3,11)12/h1,4-7H2,2-3H3. The van der Waals surface area contributed by atoms with Crippen LogP contribution in [0.15, 0.2) is 12.2 Å². The minimum atomic E-state index is -2.90. The average Bonchev–Trinajstić information content (AvgIpc) is 2.01. The van der Waals surface area contributed by atoms with E-state index < -0.39 is 15.8 Å². The molecule has 0 saturated carbocycles. The molecule has 0 aliphatic rings. The maximum absolute atomic E-state index is 10.9. The lowest BCUT2D eigenvalue weighted by atomic mass is 10.3. The van der Waals surface area contributed by atoms with E-state index in [0.717, 1.165) is 0 Å². The van der Waals surface area contributed by atoms with Gasteiger partial charge < -0.3 is 4.74 Å². The van der Waals surface area contributed by atoms with Crippen molar-refractivity contribution in [1.29, 1.82) is 0 Å². The van der Waals surface area contributed by atoms with E-state index in [0.29, 0.717) is 18.4 Å². The SMILES string of the molecule is C=C(C)C(=O)OCCCCS(C)(=O)=O. The number of rotatable bonds is 6. The summed E-state index contributed by atoms with van der Waals surface area (Å²) >= 11 is 0. The van der Waals surface area contributed by atoms with Gasteiger partial charge in [-0.3, -0.25) is 0 Å². The summed E-state index contributed by atoms with van der Waals surface area (Å²) in [5.74, 6) is -0.290. The number of hydrogen-bond acceptors (Lipinski definition) is 4. The minimum absolute atomic E-state index is 0.137. The van der Waals surface area contributed by atoms with E-state index in [-0.39, 0.29) is 12.4 Å². The summed E-state index contributed by atoms with van der Waals surface area (Å²) in [6.45, 7) is 5.24. The van der Waals surface area contributed by atoms with E-state index in [1.54, 1.807) is 6.92 Å². The van der Waals surface area contributed by atoms with Crippen molar-refractivity contribution in [1.82, 2.24) is 0 Å². The van der Waals surface area contributed by atoms with Crippen molar-refractivity contribution in [2.45, 2.75) is 19.8 Å². The van der Waals surface area contributed by atoms with E-state index in [4.69, 9.17) is 4.74 Å². The highest BCUT2D eigenvalue weighted by Gasteiger charge is 2.04. The number of esters is 1. The molecule has 0 rings (SSSR count). The number of carbonyl (C=O) groups is 1. The van der Waals surface area contributed by atoms with Gasteiger partial charge in [-0.15, -0.1) is 0 Å². The Kier molecular flexibility index (Phi) is 5.45. The Morgan fingerprint density at radius 3 is 2.36 bits per heavy atom. The van der Waals surface area contributed by atoms with Gasteiger partial charge in [0.15, 0.2) is 0 Å². The summed E-state index contributed by atoms with van der Waals surface area (Å²) in [4.78, 5) is 10.9. The Bertz CT molecular complexity index is 303. The molecule has 82 valence electrons.